The van der Waals surface area contributed by atoms with Crippen LogP contribution in [0.5, 0.6) is 0 Å². The largest absolute Gasteiger partial charge is 0.375 e. The molecule has 1 aromatic rings. The fourth-order valence-electron chi connectivity index (χ4n) is 3.82. The van der Waals surface area contributed by atoms with Gasteiger partial charge in [-0.2, -0.15) is 0 Å². The number of benzene rings is 1. The van der Waals surface area contributed by atoms with Gasteiger partial charge in [0.1, 0.15) is 0 Å². The van der Waals surface area contributed by atoms with Crippen LogP contribution in [0.2, 0.25) is 0 Å². The van der Waals surface area contributed by atoms with E-state index in [0.717, 1.165) is 43.9 Å². The first kappa shape index (κ1) is 21.1. The maximum atomic E-state index is 13.6. The van der Waals surface area contributed by atoms with Crippen molar-refractivity contribution in [3.63, 3.8) is 0 Å². The third kappa shape index (κ3) is 5.38. The molecule has 4 atom stereocenters. The molecule has 2 fully saturated rings. The minimum absolute atomic E-state index is 0. The van der Waals surface area contributed by atoms with Crippen LogP contribution in [0, 0.1) is 11.6 Å². The number of rotatable bonds is 5. The first-order valence-corrected chi connectivity index (χ1v) is 9.13. The van der Waals surface area contributed by atoms with Crippen LogP contribution in [0.15, 0.2) is 18.2 Å². The van der Waals surface area contributed by atoms with E-state index in [1.54, 1.807) is 6.07 Å². The number of nitrogens with one attached hydrogen (secondary N) is 2. The highest BCUT2D eigenvalue weighted by Crippen LogP contribution is 2.27. The Bertz CT molecular complexity index is 617. The van der Waals surface area contributed by atoms with Gasteiger partial charge in [-0.05, 0) is 56.8 Å². The van der Waals surface area contributed by atoms with Crippen molar-refractivity contribution in [2.24, 2.45) is 0 Å². The van der Waals surface area contributed by atoms with Gasteiger partial charge >= 0.3 is 0 Å². The Morgan fingerprint density at radius 1 is 1.27 bits per heavy atom. The lowest BCUT2D eigenvalue weighted by Crippen LogP contribution is -2.50. The van der Waals surface area contributed by atoms with Crippen LogP contribution in [0.4, 0.5) is 8.78 Å². The zero-order valence-electron chi connectivity index (χ0n) is 15.0. The summed E-state index contributed by atoms with van der Waals surface area (Å²) in [7, 11) is 0. The SMILES string of the molecule is CC1CCC(CCC(=O)NC2CNCCC2c2ccc(F)c(F)c2)O1.Cl. The molecule has 0 aromatic heterocycles. The second-order valence-corrected chi connectivity index (χ2v) is 7.13. The van der Waals surface area contributed by atoms with E-state index in [9.17, 15) is 13.6 Å². The summed E-state index contributed by atoms with van der Waals surface area (Å²) in [5, 5.41) is 6.33. The lowest BCUT2D eigenvalue weighted by molar-refractivity contribution is -0.122. The molecule has 2 saturated heterocycles. The Morgan fingerprint density at radius 3 is 2.77 bits per heavy atom. The Balaban J connectivity index is 0.00000243. The van der Waals surface area contributed by atoms with Crippen molar-refractivity contribution < 1.29 is 18.3 Å². The number of hydrogen-bond acceptors (Lipinski definition) is 3. The molecule has 0 bridgehead atoms. The Morgan fingerprint density at radius 2 is 2.08 bits per heavy atom. The van der Waals surface area contributed by atoms with Gasteiger partial charge in [-0.15, -0.1) is 12.4 Å². The van der Waals surface area contributed by atoms with E-state index in [1.807, 2.05) is 0 Å². The van der Waals surface area contributed by atoms with E-state index in [0.29, 0.717) is 13.0 Å². The first-order chi connectivity index (χ1) is 12.0. The molecule has 146 valence electrons. The molecule has 4 nitrogen and oxygen atoms in total. The summed E-state index contributed by atoms with van der Waals surface area (Å²) in [6.07, 6.45) is 4.46. The van der Waals surface area contributed by atoms with Crippen molar-refractivity contribution in [1.82, 2.24) is 10.6 Å². The molecule has 0 aliphatic carbocycles. The molecule has 26 heavy (non-hydrogen) atoms. The van der Waals surface area contributed by atoms with Crippen molar-refractivity contribution in [2.45, 2.75) is 63.2 Å². The maximum absolute atomic E-state index is 13.6. The minimum atomic E-state index is -0.843. The summed E-state index contributed by atoms with van der Waals surface area (Å²) in [5.74, 6) is -1.70. The van der Waals surface area contributed by atoms with Gasteiger partial charge in [0.25, 0.3) is 0 Å². The number of carbonyl (C=O) groups excluding carboxylic acids is 1. The molecular formula is C19H27ClF2N2O2. The van der Waals surface area contributed by atoms with Crippen molar-refractivity contribution >= 4 is 18.3 Å². The van der Waals surface area contributed by atoms with Crippen LogP contribution in [-0.4, -0.2) is 37.2 Å². The normalized spacial score (nSPS) is 28.4. The summed E-state index contributed by atoms with van der Waals surface area (Å²) in [4.78, 5) is 12.3. The molecule has 2 aliphatic heterocycles. The average molecular weight is 389 g/mol. The highest BCUT2D eigenvalue weighted by Gasteiger charge is 2.29. The monoisotopic (exact) mass is 388 g/mol. The molecule has 1 aromatic carbocycles. The van der Waals surface area contributed by atoms with Gasteiger partial charge in [0.05, 0.1) is 12.2 Å². The zero-order chi connectivity index (χ0) is 17.8. The second-order valence-electron chi connectivity index (χ2n) is 7.13. The van der Waals surface area contributed by atoms with Crippen LogP contribution in [0.25, 0.3) is 0 Å². The lowest BCUT2D eigenvalue weighted by Gasteiger charge is -2.33. The smallest absolute Gasteiger partial charge is 0.220 e. The minimum Gasteiger partial charge on any atom is -0.375 e. The molecule has 2 heterocycles. The van der Waals surface area contributed by atoms with Gasteiger partial charge in [0.15, 0.2) is 11.6 Å². The van der Waals surface area contributed by atoms with Crippen molar-refractivity contribution in [2.75, 3.05) is 13.1 Å². The Hall–Kier alpha value is -1.24. The second kappa shape index (κ2) is 9.62. The van der Waals surface area contributed by atoms with E-state index in [4.69, 9.17) is 4.74 Å². The van der Waals surface area contributed by atoms with Crippen LogP contribution in [0.1, 0.15) is 50.5 Å². The van der Waals surface area contributed by atoms with E-state index in [1.165, 1.54) is 6.07 Å². The third-order valence-corrected chi connectivity index (χ3v) is 5.21. The topological polar surface area (TPSA) is 50.4 Å². The zero-order valence-corrected chi connectivity index (χ0v) is 15.8. The summed E-state index contributed by atoms with van der Waals surface area (Å²) in [5.41, 5.74) is 0.735. The van der Waals surface area contributed by atoms with Gasteiger partial charge in [-0.1, -0.05) is 6.07 Å². The first-order valence-electron chi connectivity index (χ1n) is 9.13. The van der Waals surface area contributed by atoms with Crippen LogP contribution >= 0.6 is 12.4 Å². The Labute approximate surface area is 159 Å². The van der Waals surface area contributed by atoms with Gasteiger partial charge in [0.2, 0.25) is 5.91 Å². The van der Waals surface area contributed by atoms with Gasteiger partial charge in [-0.25, -0.2) is 8.78 Å². The van der Waals surface area contributed by atoms with Gasteiger partial charge in [0, 0.05) is 24.9 Å². The number of carbonyl (C=O) groups is 1. The van der Waals surface area contributed by atoms with E-state index in [2.05, 4.69) is 17.6 Å². The molecule has 2 aliphatic rings. The number of amides is 1. The lowest BCUT2D eigenvalue weighted by atomic mass is 9.86. The van der Waals surface area contributed by atoms with Gasteiger partial charge < -0.3 is 15.4 Å². The molecule has 7 heteroatoms. The molecule has 2 N–H and O–H groups in total. The van der Waals surface area contributed by atoms with Crippen molar-refractivity contribution in [3.8, 4) is 0 Å². The Kier molecular flexibility index (Phi) is 7.80. The fraction of sp³-hybridized carbons (Fsp3) is 0.632. The summed E-state index contributed by atoms with van der Waals surface area (Å²) < 4.78 is 32.5. The van der Waals surface area contributed by atoms with Crippen LogP contribution in [0.3, 0.4) is 0 Å². The van der Waals surface area contributed by atoms with Crippen molar-refractivity contribution in [3.05, 3.63) is 35.4 Å². The number of hydrogen-bond donors (Lipinski definition) is 2. The summed E-state index contributed by atoms with van der Waals surface area (Å²) in [6.45, 7) is 3.48. The third-order valence-electron chi connectivity index (χ3n) is 5.21. The molecule has 4 unspecified atom stereocenters. The predicted molar refractivity (Wildman–Crippen MR) is 98.6 cm³/mol. The van der Waals surface area contributed by atoms with Gasteiger partial charge in [-0.3, -0.25) is 4.79 Å². The maximum Gasteiger partial charge on any atom is 0.220 e. The van der Waals surface area contributed by atoms with E-state index in [-0.39, 0.29) is 42.5 Å². The predicted octanol–water partition coefficient (Wildman–Crippen LogP) is 3.30. The molecule has 3 rings (SSSR count). The standard InChI is InChI=1S/C19H26F2N2O2.ClH/c1-12-2-4-14(25-12)5-7-19(24)23-18-11-22-9-8-15(18)13-3-6-16(20)17(21)10-13;/h3,6,10,12,14-15,18,22H,2,4-5,7-9,11H2,1H3,(H,23,24);1H. The van der Waals surface area contributed by atoms with Crippen LogP contribution < -0.4 is 10.6 Å². The summed E-state index contributed by atoms with van der Waals surface area (Å²) in [6, 6.07) is 3.90. The quantitative estimate of drug-likeness (QED) is 0.813. The van der Waals surface area contributed by atoms with Crippen LogP contribution in [-0.2, 0) is 9.53 Å². The molecular weight excluding hydrogens is 362 g/mol. The molecule has 0 saturated carbocycles. The fourth-order valence-corrected chi connectivity index (χ4v) is 3.82. The van der Waals surface area contributed by atoms with E-state index >= 15 is 0 Å². The number of ether oxygens (including phenoxy) is 1. The average Bonchev–Trinajstić information content (AvgIpc) is 3.02. The van der Waals surface area contributed by atoms with E-state index < -0.39 is 11.6 Å². The number of halogens is 3. The molecule has 0 spiro atoms. The number of piperidine rings is 1. The highest BCUT2D eigenvalue weighted by atomic mass is 35.5. The molecule has 0 radical (unpaired) electrons. The van der Waals surface area contributed by atoms with Crippen molar-refractivity contribution in [1.29, 1.82) is 0 Å². The highest BCUT2D eigenvalue weighted by molar-refractivity contribution is 5.85. The molecule has 1 amide bonds. The summed E-state index contributed by atoms with van der Waals surface area (Å²) >= 11 is 0.